The third-order valence-electron chi connectivity index (χ3n) is 7.08. The van der Waals surface area contributed by atoms with Gasteiger partial charge in [0.05, 0.1) is 46.4 Å². The Kier molecular flexibility index (Phi) is 6.97. The molecule has 0 bridgehead atoms. The normalized spacial score (nSPS) is 19.1. The Morgan fingerprint density at radius 1 is 1.19 bits per heavy atom. The minimum atomic E-state index is -4.62. The van der Waals surface area contributed by atoms with Crippen molar-refractivity contribution in [1.82, 2.24) is 19.7 Å². The number of fused-ring (bicyclic) bond motifs is 1. The number of hydrogen-bond acceptors (Lipinski definition) is 8. The highest BCUT2D eigenvalue weighted by molar-refractivity contribution is 6.08. The molecule has 14 heteroatoms. The van der Waals surface area contributed by atoms with E-state index in [1.54, 1.807) is 20.8 Å². The molecule has 2 N–H and O–H groups in total. The monoisotopic (exact) mass is 585 g/mol. The lowest BCUT2D eigenvalue weighted by Gasteiger charge is -2.41. The lowest BCUT2D eigenvalue weighted by atomic mass is 9.89. The number of pyridine rings is 1. The van der Waals surface area contributed by atoms with Crippen LogP contribution in [0, 0.1) is 17.1 Å². The number of halogens is 4. The van der Waals surface area contributed by atoms with Crippen molar-refractivity contribution in [2.75, 3.05) is 18.0 Å². The molecule has 1 aromatic carbocycles. The summed E-state index contributed by atoms with van der Waals surface area (Å²) >= 11 is 0. The van der Waals surface area contributed by atoms with Gasteiger partial charge in [-0.3, -0.25) is 4.79 Å². The third kappa shape index (κ3) is 5.16. The van der Waals surface area contributed by atoms with Gasteiger partial charge in [0.2, 0.25) is 0 Å². The summed E-state index contributed by atoms with van der Waals surface area (Å²) in [6.07, 6.45) is -4.14. The van der Waals surface area contributed by atoms with Crippen molar-refractivity contribution >= 4 is 17.8 Å². The van der Waals surface area contributed by atoms with Gasteiger partial charge in [0, 0.05) is 25.4 Å². The summed E-state index contributed by atoms with van der Waals surface area (Å²) in [6.45, 7) is 4.40. The number of nitrogens with zero attached hydrogens (tertiary/aromatic N) is 6. The van der Waals surface area contributed by atoms with E-state index >= 15 is 4.39 Å². The van der Waals surface area contributed by atoms with Gasteiger partial charge in [-0.25, -0.2) is 23.8 Å². The molecule has 3 aromatic rings. The molecule has 0 spiro atoms. The first-order valence-corrected chi connectivity index (χ1v) is 13.1. The number of imide groups is 1. The number of anilines is 1. The smallest absolute Gasteiger partial charge is 0.417 e. The van der Waals surface area contributed by atoms with Crippen LogP contribution in [0.2, 0.25) is 0 Å². The summed E-state index contributed by atoms with van der Waals surface area (Å²) < 4.78 is 62.6. The topological polar surface area (TPSA) is 130 Å². The van der Waals surface area contributed by atoms with Gasteiger partial charge in [0.25, 0.3) is 5.91 Å². The van der Waals surface area contributed by atoms with Crippen molar-refractivity contribution in [3.05, 3.63) is 59.2 Å². The van der Waals surface area contributed by atoms with Crippen LogP contribution in [0.1, 0.15) is 55.2 Å². The number of nitrogens with two attached hydrogens (primary N) is 1. The minimum absolute atomic E-state index is 0.00491. The second-order valence-corrected chi connectivity index (χ2v) is 11.3. The summed E-state index contributed by atoms with van der Waals surface area (Å²) in [5.41, 5.74) is 2.47. The van der Waals surface area contributed by atoms with E-state index in [1.807, 2.05) is 6.07 Å². The van der Waals surface area contributed by atoms with E-state index in [0.717, 1.165) is 11.0 Å². The van der Waals surface area contributed by atoms with Gasteiger partial charge in [0.15, 0.2) is 5.82 Å². The van der Waals surface area contributed by atoms with Crippen LogP contribution in [0.3, 0.4) is 0 Å². The lowest BCUT2D eigenvalue weighted by Crippen LogP contribution is -2.63. The molecule has 2 aliphatic heterocycles. The number of nitriles is 1. The SMILES string of the molecule is CC(C)(C)OC(=O)N1Cc2nc(-c3c(F)cccc3C#N)cc(-n3ccc(N4CCCC(N)(C(F)(F)F)C4)n3)c2C1=O. The highest BCUT2D eigenvalue weighted by Crippen LogP contribution is 2.38. The van der Waals surface area contributed by atoms with E-state index in [4.69, 9.17) is 10.5 Å². The Balaban J connectivity index is 1.61. The van der Waals surface area contributed by atoms with Crippen LogP contribution in [-0.4, -0.2) is 62.1 Å². The minimum Gasteiger partial charge on any atom is -0.443 e. The van der Waals surface area contributed by atoms with Gasteiger partial charge in [-0.2, -0.15) is 23.5 Å². The van der Waals surface area contributed by atoms with Crippen molar-refractivity contribution in [2.45, 2.75) is 57.5 Å². The number of benzene rings is 1. The molecule has 1 unspecified atom stereocenters. The number of alkyl halides is 3. The average molecular weight is 586 g/mol. The number of rotatable bonds is 3. The molecular weight excluding hydrogens is 558 g/mol. The van der Waals surface area contributed by atoms with Gasteiger partial charge in [-0.1, -0.05) is 6.07 Å². The van der Waals surface area contributed by atoms with Gasteiger partial charge in [0.1, 0.15) is 17.0 Å². The van der Waals surface area contributed by atoms with Crippen LogP contribution < -0.4 is 10.6 Å². The first-order chi connectivity index (χ1) is 19.6. The van der Waals surface area contributed by atoms with Crippen LogP contribution >= 0.6 is 0 Å². The highest BCUT2D eigenvalue weighted by Gasteiger charge is 2.54. The number of aromatic nitrogens is 3. The number of carbonyl (C=O) groups excluding carboxylic acids is 2. The average Bonchev–Trinajstić information content (AvgIpc) is 3.52. The molecule has 220 valence electrons. The first kappa shape index (κ1) is 29.0. The molecule has 1 atom stereocenters. The number of hydrogen-bond donors (Lipinski definition) is 1. The molecule has 2 aromatic heterocycles. The number of amides is 2. The Labute approximate surface area is 238 Å². The molecular formula is C28H27F4N7O3. The van der Waals surface area contributed by atoms with E-state index in [-0.39, 0.29) is 65.5 Å². The molecule has 2 aliphatic rings. The summed E-state index contributed by atoms with van der Waals surface area (Å²) in [6, 6.07) is 8.69. The molecule has 42 heavy (non-hydrogen) atoms. The Hall–Kier alpha value is -4.51. The standard InChI is InChI=1S/C28H27F4N7O3/c1-26(2,3)42-25(41)38-14-19-23(24(38)40)20(12-18(35-19)22-16(13-33)6-4-7-17(22)29)39-11-8-21(36-39)37-10-5-9-27(34,15-37)28(30,31)32/h4,6-8,11-12H,5,9-10,14-15,34H2,1-3H3. The van der Waals surface area contributed by atoms with Crippen molar-refractivity contribution in [1.29, 1.82) is 5.26 Å². The Morgan fingerprint density at radius 2 is 1.93 bits per heavy atom. The fourth-order valence-corrected chi connectivity index (χ4v) is 5.07. The van der Waals surface area contributed by atoms with E-state index < -0.39 is 41.7 Å². The zero-order chi connectivity index (χ0) is 30.6. The van der Waals surface area contributed by atoms with Crippen LogP contribution in [0.4, 0.5) is 28.2 Å². The zero-order valence-corrected chi connectivity index (χ0v) is 23.0. The van der Waals surface area contributed by atoms with Crippen molar-refractivity contribution in [2.24, 2.45) is 5.73 Å². The summed E-state index contributed by atoms with van der Waals surface area (Å²) in [7, 11) is 0. The molecule has 5 rings (SSSR count). The molecule has 0 radical (unpaired) electrons. The van der Waals surface area contributed by atoms with Gasteiger partial charge in [-0.15, -0.1) is 0 Å². The van der Waals surface area contributed by atoms with E-state index in [9.17, 15) is 28.0 Å². The first-order valence-electron chi connectivity index (χ1n) is 13.1. The van der Waals surface area contributed by atoms with Crippen LogP contribution in [0.5, 0.6) is 0 Å². The second-order valence-electron chi connectivity index (χ2n) is 11.3. The van der Waals surface area contributed by atoms with Gasteiger partial charge < -0.3 is 15.4 Å². The number of ether oxygens (including phenoxy) is 1. The van der Waals surface area contributed by atoms with Crippen molar-refractivity contribution < 1.29 is 31.9 Å². The molecule has 0 saturated carbocycles. The second kappa shape index (κ2) is 10.1. The van der Waals surface area contributed by atoms with E-state index in [0.29, 0.717) is 0 Å². The van der Waals surface area contributed by atoms with Crippen LogP contribution in [0.25, 0.3) is 16.9 Å². The molecule has 2 amide bonds. The summed E-state index contributed by atoms with van der Waals surface area (Å²) in [5, 5.41) is 14.1. The fraction of sp³-hybridized carbons (Fsp3) is 0.393. The third-order valence-corrected chi connectivity index (χ3v) is 7.08. The Morgan fingerprint density at radius 3 is 2.60 bits per heavy atom. The van der Waals surface area contributed by atoms with Crippen LogP contribution in [0.15, 0.2) is 36.5 Å². The fourth-order valence-electron chi connectivity index (χ4n) is 5.07. The molecule has 0 aliphatic carbocycles. The van der Waals surface area contributed by atoms with E-state index in [1.165, 1.54) is 40.0 Å². The van der Waals surface area contributed by atoms with Crippen LogP contribution in [-0.2, 0) is 11.3 Å². The summed E-state index contributed by atoms with van der Waals surface area (Å²) in [5.74, 6) is -1.30. The largest absolute Gasteiger partial charge is 0.443 e. The van der Waals surface area contributed by atoms with E-state index in [2.05, 4.69) is 10.1 Å². The maximum atomic E-state index is 15.0. The predicted octanol–water partition coefficient (Wildman–Crippen LogP) is 4.70. The maximum absolute atomic E-state index is 15.0. The molecule has 4 heterocycles. The molecule has 10 nitrogen and oxygen atoms in total. The van der Waals surface area contributed by atoms with Crippen molar-refractivity contribution in [3.63, 3.8) is 0 Å². The van der Waals surface area contributed by atoms with Gasteiger partial charge in [-0.05, 0) is 51.8 Å². The lowest BCUT2D eigenvalue weighted by molar-refractivity contribution is -0.187. The Bertz CT molecular complexity index is 1620. The highest BCUT2D eigenvalue weighted by atomic mass is 19.4. The van der Waals surface area contributed by atoms with Crippen molar-refractivity contribution in [3.8, 4) is 23.0 Å². The number of carbonyl (C=O) groups is 2. The zero-order valence-electron chi connectivity index (χ0n) is 23.0. The quantitative estimate of drug-likeness (QED) is 0.438. The predicted molar refractivity (Wildman–Crippen MR) is 142 cm³/mol. The number of piperidine rings is 1. The molecule has 1 saturated heterocycles. The van der Waals surface area contributed by atoms with Gasteiger partial charge >= 0.3 is 12.3 Å². The maximum Gasteiger partial charge on any atom is 0.417 e. The molecule has 1 fully saturated rings. The summed E-state index contributed by atoms with van der Waals surface area (Å²) in [4.78, 5) is 33.1.